The molecule has 1 fully saturated rings. The van der Waals surface area contributed by atoms with Gasteiger partial charge in [0, 0.05) is 13.1 Å². The van der Waals surface area contributed by atoms with Crippen LogP contribution in [-0.2, 0) is 10.4 Å². The van der Waals surface area contributed by atoms with Crippen LogP contribution in [0.3, 0.4) is 0 Å². The third-order valence-electron chi connectivity index (χ3n) is 5.64. The normalized spacial score (nSPS) is 15.3. The molecule has 0 amide bonds. The molecule has 4 nitrogen and oxygen atoms in total. The molecule has 3 aromatic rings. The molecule has 1 aliphatic rings. The Hall–Kier alpha value is -2.66. The molecule has 1 aliphatic heterocycles. The van der Waals surface area contributed by atoms with E-state index in [4.69, 9.17) is 0 Å². The van der Waals surface area contributed by atoms with E-state index in [1.807, 2.05) is 91.0 Å². The van der Waals surface area contributed by atoms with Gasteiger partial charge in [0.2, 0.25) is 0 Å². The number of carbonyl (C=O) groups is 1. The third-order valence-corrected chi connectivity index (χ3v) is 5.64. The molecule has 2 N–H and O–H groups in total. The number of aliphatic hydroxyl groups is 1. The first-order valence-electron chi connectivity index (χ1n) is 10.3. The Labute approximate surface area is 190 Å². The van der Waals surface area contributed by atoms with Crippen LogP contribution in [0.1, 0.15) is 35.4 Å². The van der Waals surface area contributed by atoms with Crippen molar-refractivity contribution in [2.24, 2.45) is 0 Å². The van der Waals surface area contributed by atoms with Crippen LogP contribution in [0.15, 0.2) is 91.0 Å². The molecule has 0 spiro atoms. The second-order valence-electron chi connectivity index (χ2n) is 7.79. The minimum absolute atomic E-state index is 0. The van der Waals surface area contributed by atoms with Crippen molar-refractivity contribution in [3.05, 3.63) is 108 Å². The summed E-state index contributed by atoms with van der Waals surface area (Å²) >= 11 is 0. The zero-order valence-electron chi connectivity index (χ0n) is 17.7. The number of halogens is 1. The van der Waals surface area contributed by atoms with E-state index in [0.29, 0.717) is 0 Å². The van der Waals surface area contributed by atoms with Gasteiger partial charge in [0.25, 0.3) is 0 Å². The Bertz CT molecular complexity index is 872. The fourth-order valence-electron chi connectivity index (χ4n) is 3.79. The second-order valence-corrected chi connectivity index (χ2v) is 7.79. The van der Waals surface area contributed by atoms with Gasteiger partial charge < -0.3 is 15.1 Å². The molecule has 0 saturated carbocycles. The first-order chi connectivity index (χ1) is 14.5. The number of rotatable bonds is 4. The van der Waals surface area contributed by atoms with Gasteiger partial charge in [-0.1, -0.05) is 91.0 Å². The van der Waals surface area contributed by atoms with E-state index < -0.39 is 17.5 Å². The van der Waals surface area contributed by atoms with Crippen molar-refractivity contribution in [2.45, 2.75) is 24.4 Å². The Morgan fingerprint density at radius 3 is 1.58 bits per heavy atom. The van der Waals surface area contributed by atoms with E-state index in [-0.39, 0.29) is 12.4 Å². The highest BCUT2D eigenvalue weighted by Gasteiger charge is 2.32. The SMILES string of the molecule is CN1CCC(O)(c2ccccc2)CC1.Cl.O=C(O)C(c1ccccc1)c1ccccc1. The van der Waals surface area contributed by atoms with Crippen LogP contribution < -0.4 is 0 Å². The monoisotopic (exact) mass is 439 g/mol. The molecule has 0 bridgehead atoms. The van der Waals surface area contributed by atoms with Gasteiger partial charge in [-0.3, -0.25) is 4.79 Å². The van der Waals surface area contributed by atoms with Gasteiger partial charge >= 0.3 is 5.97 Å². The standard InChI is InChI=1S/C14H12O2.C12H17NO.ClH/c15-14(16)13(11-7-3-1-4-8-11)12-9-5-2-6-10-12;1-13-9-7-12(14,8-10-13)11-5-3-2-4-6-11;/h1-10,13H,(H,15,16);2-6,14H,7-10H2,1H3;1H. The van der Waals surface area contributed by atoms with Gasteiger partial charge in [0.15, 0.2) is 0 Å². The van der Waals surface area contributed by atoms with E-state index in [1.54, 1.807) is 0 Å². The Kier molecular flexibility index (Phi) is 9.25. The lowest BCUT2D eigenvalue weighted by Crippen LogP contribution is -2.40. The number of hydrogen-bond donors (Lipinski definition) is 2. The van der Waals surface area contributed by atoms with Gasteiger partial charge in [-0.25, -0.2) is 0 Å². The Morgan fingerprint density at radius 1 is 0.806 bits per heavy atom. The summed E-state index contributed by atoms with van der Waals surface area (Å²) in [5.41, 5.74) is 2.09. The van der Waals surface area contributed by atoms with Gasteiger partial charge in [-0.05, 0) is 36.6 Å². The summed E-state index contributed by atoms with van der Waals surface area (Å²) in [5.74, 6) is -1.40. The van der Waals surface area contributed by atoms with Crippen molar-refractivity contribution in [2.75, 3.05) is 20.1 Å². The lowest BCUT2D eigenvalue weighted by atomic mass is 9.85. The maximum atomic E-state index is 11.3. The van der Waals surface area contributed by atoms with Crippen LogP contribution in [0.2, 0.25) is 0 Å². The second kappa shape index (κ2) is 11.7. The maximum Gasteiger partial charge on any atom is 0.315 e. The smallest absolute Gasteiger partial charge is 0.315 e. The molecular formula is C26H30ClNO3. The molecule has 1 saturated heterocycles. The molecular weight excluding hydrogens is 410 g/mol. The van der Waals surface area contributed by atoms with E-state index >= 15 is 0 Å². The summed E-state index contributed by atoms with van der Waals surface area (Å²) in [7, 11) is 2.10. The molecule has 4 rings (SSSR count). The lowest BCUT2D eigenvalue weighted by molar-refractivity contribution is -0.137. The zero-order valence-corrected chi connectivity index (χ0v) is 18.5. The fraction of sp³-hybridized carbons (Fsp3) is 0.269. The number of aliphatic carboxylic acids is 1. The van der Waals surface area contributed by atoms with Crippen molar-refractivity contribution in [3.8, 4) is 0 Å². The number of carboxylic acid groups (broad SMARTS) is 1. The van der Waals surface area contributed by atoms with Crippen LogP contribution in [0, 0.1) is 0 Å². The van der Waals surface area contributed by atoms with E-state index in [1.165, 1.54) is 0 Å². The lowest BCUT2D eigenvalue weighted by Gasteiger charge is -2.36. The van der Waals surface area contributed by atoms with Gasteiger partial charge in [0.05, 0.1) is 5.60 Å². The quantitative estimate of drug-likeness (QED) is 0.605. The topological polar surface area (TPSA) is 60.8 Å². The summed E-state index contributed by atoms with van der Waals surface area (Å²) in [6.07, 6.45) is 1.68. The predicted molar refractivity (Wildman–Crippen MR) is 127 cm³/mol. The third kappa shape index (κ3) is 6.66. The van der Waals surface area contributed by atoms with E-state index in [0.717, 1.165) is 42.6 Å². The van der Waals surface area contributed by atoms with Gasteiger partial charge in [-0.15, -0.1) is 12.4 Å². The zero-order chi connectivity index (χ0) is 21.4. The first kappa shape index (κ1) is 24.6. The minimum Gasteiger partial charge on any atom is -0.481 e. The summed E-state index contributed by atoms with van der Waals surface area (Å²) < 4.78 is 0. The molecule has 0 atom stereocenters. The molecule has 1 heterocycles. The van der Waals surface area contributed by atoms with Crippen molar-refractivity contribution in [1.82, 2.24) is 4.90 Å². The highest BCUT2D eigenvalue weighted by atomic mass is 35.5. The molecule has 5 heteroatoms. The number of piperidine rings is 1. The molecule has 31 heavy (non-hydrogen) atoms. The number of benzene rings is 3. The Morgan fingerprint density at radius 2 is 1.19 bits per heavy atom. The highest BCUT2D eigenvalue weighted by Crippen LogP contribution is 2.31. The summed E-state index contributed by atoms with van der Waals surface area (Å²) in [5, 5.41) is 19.7. The van der Waals surface area contributed by atoms with Gasteiger partial charge in [-0.2, -0.15) is 0 Å². The molecule has 0 radical (unpaired) electrons. The van der Waals surface area contributed by atoms with E-state index in [2.05, 4.69) is 11.9 Å². The molecule has 0 unspecified atom stereocenters. The molecule has 164 valence electrons. The number of carboxylic acids is 1. The largest absolute Gasteiger partial charge is 0.481 e. The number of likely N-dealkylation sites (tertiary alicyclic amines) is 1. The summed E-state index contributed by atoms with van der Waals surface area (Å²) in [6, 6.07) is 28.6. The fourth-order valence-corrected chi connectivity index (χ4v) is 3.79. The summed E-state index contributed by atoms with van der Waals surface area (Å²) in [6.45, 7) is 1.96. The predicted octanol–water partition coefficient (Wildman–Crippen LogP) is 4.92. The molecule has 3 aromatic carbocycles. The van der Waals surface area contributed by atoms with Crippen molar-refractivity contribution >= 4 is 18.4 Å². The molecule has 0 aromatic heterocycles. The van der Waals surface area contributed by atoms with Crippen molar-refractivity contribution in [1.29, 1.82) is 0 Å². The minimum atomic E-state index is -0.822. The van der Waals surface area contributed by atoms with E-state index in [9.17, 15) is 15.0 Å². The van der Waals surface area contributed by atoms with Crippen LogP contribution >= 0.6 is 12.4 Å². The average Bonchev–Trinajstić information content (AvgIpc) is 2.78. The van der Waals surface area contributed by atoms with Crippen LogP contribution in [-0.4, -0.2) is 41.2 Å². The van der Waals surface area contributed by atoms with Crippen molar-refractivity contribution < 1.29 is 15.0 Å². The first-order valence-corrected chi connectivity index (χ1v) is 10.3. The summed E-state index contributed by atoms with van der Waals surface area (Å²) in [4.78, 5) is 13.6. The van der Waals surface area contributed by atoms with Gasteiger partial charge in [0.1, 0.15) is 5.92 Å². The highest BCUT2D eigenvalue weighted by molar-refractivity contribution is 5.85. The number of hydrogen-bond acceptors (Lipinski definition) is 3. The van der Waals surface area contributed by atoms with Crippen molar-refractivity contribution in [3.63, 3.8) is 0 Å². The van der Waals surface area contributed by atoms with Crippen LogP contribution in [0.5, 0.6) is 0 Å². The van der Waals surface area contributed by atoms with Crippen LogP contribution in [0.4, 0.5) is 0 Å². The average molecular weight is 440 g/mol. The molecule has 0 aliphatic carbocycles. The van der Waals surface area contributed by atoms with Crippen LogP contribution in [0.25, 0.3) is 0 Å². The maximum absolute atomic E-state index is 11.3. The Balaban J connectivity index is 0.000000215. The number of nitrogens with zero attached hydrogens (tertiary/aromatic N) is 1.